The number of rotatable bonds is 3. The first-order valence-corrected chi connectivity index (χ1v) is 5.33. The number of hydrogen-bond donors (Lipinski definition) is 1. The molecule has 0 amide bonds. The third-order valence-corrected chi connectivity index (χ3v) is 2.99. The Morgan fingerprint density at radius 3 is 2.56 bits per heavy atom. The monoisotopic (exact) mass is 227 g/mol. The number of ether oxygens (including phenoxy) is 1. The zero-order valence-electron chi connectivity index (χ0n) is 9.17. The lowest BCUT2D eigenvalue weighted by Crippen LogP contribution is -2.28. The van der Waals surface area contributed by atoms with Gasteiger partial charge in [-0.15, -0.1) is 0 Å². The fourth-order valence-electron chi connectivity index (χ4n) is 1.97. The van der Waals surface area contributed by atoms with Crippen molar-refractivity contribution in [3.05, 3.63) is 29.8 Å². The zero-order valence-corrected chi connectivity index (χ0v) is 9.17. The van der Waals surface area contributed by atoms with E-state index in [9.17, 15) is 8.78 Å². The van der Waals surface area contributed by atoms with Gasteiger partial charge >= 0.3 is 0 Å². The summed E-state index contributed by atoms with van der Waals surface area (Å²) in [4.78, 5) is 0. The van der Waals surface area contributed by atoms with Crippen LogP contribution in [-0.2, 0) is 6.42 Å². The van der Waals surface area contributed by atoms with Gasteiger partial charge in [0.15, 0.2) is 0 Å². The van der Waals surface area contributed by atoms with E-state index in [0.717, 1.165) is 11.3 Å². The van der Waals surface area contributed by atoms with Gasteiger partial charge in [-0.2, -0.15) is 0 Å². The molecule has 1 unspecified atom stereocenters. The van der Waals surface area contributed by atoms with Gasteiger partial charge in [0.2, 0.25) is 0 Å². The van der Waals surface area contributed by atoms with Gasteiger partial charge in [-0.1, -0.05) is 12.1 Å². The maximum Gasteiger partial charge on any atom is 0.264 e. The third-order valence-electron chi connectivity index (χ3n) is 2.99. The smallest absolute Gasteiger partial charge is 0.264 e. The van der Waals surface area contributed by atoms with E-state index in [4.69, 9.17) is 4.74 Å². The highest BCUT2D eigenvalue weighted by atomic mass is 19.3. The molecule has 1 aromatic carbocycles. The van der Waals surface area contributed by atoms with Crippen LogP contribution >= 0.6 is 0 Å². The zero-order chi connectivity index (χ0) is 11.6. The SMILES string of the molecule is COc1ccc(CC2CNCC2(F)F)cc1. The van der Waals surface area contributed by atoms with Crippen molar-refractivity contribution < 1.29 is 13.5 Å². The normalized spacial score (nSPS) is 23.3. The molecular formula is C12H15F2NO. The summed E-state index contributed by atoms with van der Waals surface area (Å²) in [5.74, 6) is -2.43. The fourth-order valence-corrected chi connectivity index (χ4v) is 1.97. The Bertz CT molecular complexity index is 351. The average Bonchev–Trinajstić information content (AvgIpc) is 2.59. The molecule has 0 saturated carbocycles. The van der Waals surface area contributed by atoms with E-state index < -0.39 is 11.8 Å². The molecule has 0 spiro atoms. The van der Waals surface area contributed by atoms with E-state index in [1.54, 1.807) is 19.2 Å². The van der Waals surface area contributed by atoms with E-state index in [-0.39, 0.29) is 6.54 Å². The van der Waals surface area contributed by atoms with Crippen LogP contribution in [0.5, 0.6) is 5.75 Å². The molecule has 2 nitrogen and oxygen atoms in total. The molecule has 4 heteroatoms. The molecule has 2 rings (SSSR count). The largest absolute Gasteiger partial charge is 0.497 e. The Labute approximate surface area is 93.6 Å². The van der Waals surface area contributed by atoms with Crippen molar-refractivity contribution in [3.63, 3.8) is 0 Å². The summed E-state index contributed by atoms with van der Waals surface area (Å²) in [5.41, 5.74) is 0.925. The standard InChI is InChI=1S/C12H15F2NO/c1-16-11-4-2-9(3-5-11)6-10-7-15-8-12(10,13)14/h2-5,10,15H,6-8H2,1H3. The van der Waals surface area contributed by atoms with Crippen LogP contribution in [-0.4, -0.2) is 26.1 Å². The highest BCUT2D eigenvalue weighted by Gasteiger charge is 2.43. The maximum atomic E-state index is 13.4. The number of hydrogen-bond acceptors (Lipinski definition) is 2. The molecular weight excluding hydrogens is 212 g/mol. The number of alkyl halides is 2. The maximum absolute atomic E-state index is 13.4. The summed E-state index contributed by atoms with van der Waals surface area (Å²) in [6.45, 7) is 0.187. The molecule has 16 heavy (non-hydrogen) atoms. The first kappa shape index (κ1) is 11.3. The van der Waals surface area contributed by atoms with E-state index in [0.29, 0.717) is 13.0 Å². The fraction of sp³-hybridized carbons (Fsp3) is 0.500. The van der Waals surface area contributed by atoms with Gasteiger partial charge in [-0.05, 0) is 24.1 Å². The Morgan fingerprint density at radius 2 is 2.06 bits per heavy atom. The van der Waals surface area contributed by atoms with Crippen molar-refractivity contribution in [1.82, 2.24) is 5.32 Å². The van der Waals surface area contributed by atoms with Crippen molar-refractivity contribution in [1.29, 1.82) is 0 Å². The summed E-state index contributed by atoms with van der Waals surface area (Å²) >= 11 is 0. The second kappa shape index (κ2) is 4.37. The van der Waals surface area contributed by atoms with Crippen molar-refractivity contribution in [2.24, 2.45) is 5.92 Å². The Balaban J connectivity index is 2.03. The topological polar surface area (TPSA) is 21.3 Å². The molecule has 0 aliphatic carbocycles. The lowest BCUT2D eigenvalue weighted by Gasteiger charge is -2.17. The van der Waals surface area contributed by atoms with Gasteiger partial charge in [-0.3, -0.25) is 0 Å². The minimum atomic E-state index is -2.58. The first-order valence-electron chi connectivity index (χ1n) is 5.33. The van der Waals surface area contributed by atoms with Crippen LogP contribution < -0.4 is 10.1 Å². The third kappa shape index (κ3) is 2.32. The van der Waals surface area contributed by atoms with Gasteiger partial charge in [-0.25, -0.2) is 8.78 Å². The van der Waals surface area contributed by atoms with Crippen molar-refractivity contribution in [2.75, 3.05) is 20.2 Å². The lowest BCUT2D eigenvalue weighted by molar-refractivity contribution is -0.0212. The van der Waals surface area contributed by atoms with Crippen LogP contribution in [0, 0.1) is 5.92 Å². The van der Waals surface area contributed by atoms with Gasteiger partial charge in [0.1, 0.15) is 5.75 Å². The molecule has 1 atom stereocenters. The lowest BCUT2D eigenvalue weighted by atomic mass is 9.96. The van der Waals surface area contributed by atoms with Gasteiger partial charge in [0.05, 0.1) is 13.7 Å². The van der Waals surface area contributed by atoms with Crippen molar-refractivity contribution >= 4 is 0 Å². The summed E-state index contributed by atoms with van der Waals surface area (Å²) in [5, 5.41) is 2.73. The molecule has 0 aromatic heterocycles. The minimum Gasteiger partial charge on any atom is -0.497 e. The van der Waals surface area contributed by atoms with Crippen LogP contribution in [0.2, 0.25) is 0 Å². The second-order valence-electron chi connectivity index (χ2n) is 4.14. The highest BCUT2D eigenvalue weighted by molar-refractivity contribution is 5.27. The number of nitrogens with one attached hydrogen (secondary N) is 1. The van der Waals surface area contributed by atoms with Crippen LogP contribution in [0.25, 0.3) is 0 Å². The van der Waals surface area contributed by atoms with Gasteiger partial charge in [0.25, 0.3) is 5.92 Å². The molecule has 0 radical (unpaired) electrons. The minimum absolute atomic E-state index is 0.201. The van der Waals surface area contributed by atoms with E-state index in [1.165, 1.54) is 0 Å². The molecule has 0 bridgehead atoms. The van der Waals surface area contributed by atoms with Crippen LogP contribution in [0.4, 0.5) is 8.78 Å². The van der Waals surface area contributed by atoms with Crippen LogP contribution in [0.15, 0.2) is 24.3 Å². The van der Waals surface area contributed by atoms with Crippen molar-refractivity contribution in [3.8, 4) is 5.75 Å². The molecule has 1 aliphatic heterocycles. The predicted molar refractivity (Wildman–Crippen MR) is 58.0 cm³/mol. The molecule has 1 heterocycles. The van der Waals surface area contributed by atoms with Gasteiger partial charge in [0, 0.05) is 12.5 Å². The van der Waals surface area contributed by atoms with E-state index in [1.807, 2.05) is 12.1 Å². The molecule has 1 fully saturated rings. The molecule has 1 saturated heterocycles. The van der Waals surface area contributed by atoms with E-state index in [2.05, 4.69) is 5.32 Å². The number of benzene rings is 1. The number of halogens is 2. The summed E-state index contributed by atoms with van der Waals surface area (Å²) < 4.78 is 31.7. The highest BCUT2D eigenvalue weighted by Crippen LogP contribution is 2.31. The Kier molecular flexibility index (Phi) is 3.10. The first-order chi connectivity index (χ1) is 7.62. The van der Waals surface area contributed by atoms with Gasteiger partial charge < -0.3 is 10.1 Å². The summed E-state index contributed by atoms with van der Waals surface area (Å²) in [6, 6.07) is 7.28. The summed E-state index contributed by atoms with van der Waals surface area (Å²) in [6.07, 6.45) is 0.407. The van der Waals surface area contributed by atoms with Crippen LogP contribution in [0.3, 0.4) is 0 Å². The average molecular weight is 227 g/mol. The number of methoxy groups -OCH3 is 1. The molecule has 1 N–H and O–H groups in total. The van der Waals surface area contributed by atoms with E-state index >= 15 is 0 Å². The molecule has 1 aromatic rings. The second-order valence-corrected chi connectivity index (χ2v) is 4.14. The Hall–Kier alpha value is -1.16. The quantitative estimate of drug-likeness (QED) is 0.853. The molecule has 1 aliphatic rings. The van der Waals surface area contributed by atoms with Crippen molar-refractivity contribution in [2.45, 2.75) is 12.3 Å². The van der Waals surface area contributed by atoms with Crippen LogP contribution in [0.1, 0.15) is 5.56 Å². The predicted octanol–water partition coefficient (Wildman–Crippen LogP) is 2.09. The molecule has 88 valence electrons. The Morgan fingerprint density at radius 1 is 1.38 bits per heavy atom. The summed E-state index contributed by atoms with van der Waals surface area (Å²) in [7, 11) is 1.59.